The fourth-order valence-corrected chi connectivity index (χ4v) is 4.67. The van der Waals surface area contributed by atoms with E-state index in [4.69, 9.17) is 0 Å². The third-order valence-corrected chi connectivity index (χ3v) is 6.61. The van der Waals surface area contributed by atoms with E-state index >= 15 is 0 Å². The molecule has 0 bridgehead atoms. The standard InChI is InChI=1S/C29H32N/c1-6-22(7-2)25-14-16-28-26(19-25)18-21(4)30(5)29(28)27-15-13-24(17-20(27)3)23-11-9-8-10-12-23/h8-19,22H,6-7H2,1-5H3/q+1. The van der Waals surface area contributed by atoms with Crippen molar-refractivity contribution in [3.8, 4) is 22.4 Å². The minimum Gasteiger partial charge on any atom is -0.198 e. The van der Waals surface area contributed by atoms with Gasteiger partial charge in [-0.3, -0.25) is 0 Å². The van der Waals surface area contributed by atoms with Gasteiger partial charge in [-0.1, -0.05) is 68.4 Å². The summed E-state index contributed by atoms with van der Waals surface area (Å²) in [5.74, 6) is 0.638. The topological polar surface area (TPSA) is 3.88 Å². The molecule has 0 amide bonds. The molecule has 0 atom stereocenters. The molecular formula is C29H32N+. The van der Waals surface area contributed by atoms with E-state index in [1.165, 1.54) is 62.8 Å². The number of pyridine rings is 1. The molecule has 0 aliphatic carbocycles. The molecule has 0 N–H and O–H groups in total. The zero-order valence-corrected chi connectivity index (χ0v) is 18.9. The Morgan fingerprint density at radius 3 is 2.17 bits per heavy atom. The first-order chi connectivity index (χ1) is 14.5. The van der Waals surface area contributed by atoms with Crippen molar-refractivity contribution in [2.24, 2.45) is 7.05 Å². The number of rotatable bonds is 5. The van der Waals surface area contributed by atoms with Crippen LogP contribution in [0.5, 0.6) is 0 Å². The van der Waals surface area contributed by atoms with Gasteiger partial charge in [-0.2, -0.15) is 4.57 Å². The van der Waals surface area contributed by atoms with Crippen LogP contribution in [0.4, 0.5) is 0 Å². The smallest absolute Gasteiger partial charge is 0.198 e. The minimum atomic E-state index is 0.638. The molecule has 0 spiro atoms. The van der Waals surface area contributed by atoms with Crippen molar-refractivity contribution in [1.29, 1.82) is 0 Å². The summed E-state index contributed by atoms with van der Waals surface area (Å²) in [5.41, 5.74) is 9.20. The predicted molar refractivity (Wildman–Crippen MR) is 129 cm³/mol. The van der Waals surface area contributed by atoms with E-state index < -0.39 is 0 Å². The van der Waals surface area contributed by atoms with E-state index in [0.29, 0.717) is 5.92 Å². The van der Waals surface area contributed by atoms with Crippen molar-refractivity contribution in [3.63, 3.8) is 0 Å². The molecule has 0 aliphatic rings. The van der Waals surface area contributed by atoms with E-state index in [0.717, 1.165) is 0 Å². The van der Waals surface area contributed by atoms with Gasteiger partial charge in [0.1, 0.15) is 7.05 Å². The molecule has 152 valence electrons. The molecule has 1 nitrogen and oxygen atoms in total. The van der Waals surface area contributed by atoms with E-state index in [1.807, 2.05) is 0 Å². The molecule has 0 saturated heterocycles. The summed E-state index contributed by atoms with van der Waals surface area (Å²) in [6.07, 6.45) is 2.38. The maximum Gasteiger partial charge on any atom is 0.220 e. The number of hydrogen-bond donors (Lipinski definition) is 0. The van der Waals surface area contributed by atoms with Crippen LogP contribution < -0.4 is 4.57 Å². The highest BCUT2D eigenvalue weighted by Crippen LogP contribution is 2.33. The average Bonchev–Trinajstić information content (AvgIpc) is 2.77. The summed E-state index contributed by atoms with van der Waals surface area (Å²) in [6.45, 7) is 9.02. The number of fused-ring (bicyclic) bond motifs is 1. The van der Waals surface area contributed by atoms with Gasteiger partial charge in [-0.05, 0) is 65.5 Å². The molecule has 30 heavy (non-hydrogen) atoms. The summed E-state index contributed by atoms with van der Waals surface area (Å²) in [7, 11) is 2.18. The van der Waals surface area contributed by atoms with Crippen molar-refractivity contribution in [2.75, 3.05) is 0 Å². The lowest BCUT2D eigenvalue weighted by molar-refractivity contribution is -0.665. The highest BCUT2D eigenvalue weighted by Gasteiger charge is 2.21. The lowest BCUT2D eigenvalue weighted by atomic mass is 9.90. The van der Waals surface area contributed by atoms with Crippen LogP contribution in [0, 0.1) is 13.8 Å². The number of hydrogen-bond acceptors (Lipinski definition) is 0. The van der Waals surface area contributed by atoms with Gasteiger partial charge in [-0.25, -0.2) is 0 Å². The molecule has 1 aromatic heterocycles. The van der Waals surface area contributed by atoms with Crippen LogP contribution in [0.15, 0.2) is 72.8 Å². The Balaban J connectivity index is 1.89. The zero-order chi connectivity index (χ0) is 21.3. The van der Waals surface area contributed by atoms with Crippen molar-refractivity contribution in [2.45, 2.75) is 46.5 Å². The van der Waals surface area contributed by atoms with Gasteiger partial charge >= 0.3 is 0 Å². The first kappa shape index (κ1) is 20.3. The average molecular weight is 395 g/mol. The highest BCUT2D eigenvalue weighted by molar-refractivity contribution is 5.94. The fraction of sp³-hybridized carbons (Fsp3) is 0.276. The van der Waals surface area contributed by atoms with Crippen LogP contribution in [-0.2, 0) is 7.05 Å². The second kappa shape index (κ2) is 8.44. The van der Waals surface area contributed by atoms with E-state index in [-0.39, 0.29) is 0 Å². The lowest BCUT2D eigenvalue weighted by Crippen LogP contribution is -2.35. The summed E-state index contributed by atoms with van der Waals surface area (Å²) < 4.78 is 2.34. The third-order valence-electron chi connectivity index (χ3n) is 6.61. The Hall–Kier alpha value is -2.93. The SMILES string of the molecule is CCC(CC)c1ccc2c(-c3ccc(-c4ccccc4)cc3C)[n+](C)c(C)cc2c1. The molecule has 0 aliphatic heterocycles. The molecule has 0 radical (unpaired) electrons. The molecule has 0 unspecified atom stereocenters. The molecule has 0 fully saturated rings. The summed E-state index contributed by atoms with van der Waals surface area (Å²) in [4.78, 5) is 0. The number of benzene rings is 3. The van der Waals surface area contributed by atoms with Gasteiger partial charge in [0.25, 0.3) is 0 Å². The van der Waals surface area contributed by atoms with Crippen LogP contribution in [0.3, 0.4) is 0 Å². The number of nitrogens with zero attached hydrogens (tertiary/aromatic N) is 1. The maximum atomic E-state index is 2.41. The van der Waals surface area contributed by atoms with Gasteiger partial charge in [0.2, 0.25) is 5.69 Å². The fourth-order valence-electron chi connectivity index (χ4n) is 4.67. The zero-order valence-electron chi connectivity index (χ0n) is 18.9. The Bertz CT molecular complexity index is 1180. The normalized spacial score (nSPS) is 11.4. The van der Waals surface area contributed by atoms with Gasteiger partial charge < -0.3 is 0 Å². The maximum absolute atomic E-state index is 2.41. The Labute approximate surface area is 181 Å². The first-order valence-corrected chi connectivity index (χ1v) is 11.1. The van der Waals surface area contributed by atoms with Crippen LogP contribution >= 0.6 is 0 Å². The van der Waals surface area contributed by atoms with E-state index in [9.17, 15) is 0 Å². The lowest BCUT2D eigenvalue weighted by Gasteiger charge is -2.15. The molecule has 1 heterocycles. The van der Waals surface area contributed by atoms with E-state index in [1.54, 1.807) is 0 Å². The van der Waals surface area contributed by atoms with Crippen molar-refractivity contribution < 1.29 is 4.57 Å². The van der Waals surface area contributed by atoms with Crippen LogP contribution in [0.25, 0.3) is 33.2 Å². The van der Waals surface area contributed by atoms with Crippen LogP contribution in [-0.4, -0.2) is 0 Å². The second-order valence-corrected chi connectivity index (χ2v) is 8.45. The number of aromatic nitrogens is 1. The predicted octanol–water partition coefficient (Wildman–Crippen LogP) is 7.52. The largest absolute Gasteiger partial charge is 0.220 e. The Morgan fingerprint density at radius 1 is 0.767 bits per heavy atom. The van der Waals surface area contributed by atoms with Gasteiger partial charge in [0.15, 0.2) is 5.69 Å². The summed E-state index contributed by atoms with van der Waals surface area (Å²) >= 11 is 0. The van der Waals surface area contributed by atoms with Crippen molar-refractivity contribution >= 4 is 10.8 Å². The molecule has 4 aromatic rings. The van der Waals surface area contributed by atoms with E-state index in [2.05, 4.69) is 112 Å². The van der Waals surface area contributed by atoms with Crippen LogP contribution in [0.1, 0.15) is 49.4 Å². The van der Waals surface area contributed by atoms with Gasteiger partial charge in [-0.15, -0.1) is 0 Å². The first-order valence-electron chi connectivity index (χ1n) is 11.1. The minimum absolute atomic E-state index is 0.638. The molecule has 4 rings (SSSR count). The quantitative estimate of drug-likeness (QED) is 0.308. The summed E-state index contributed by atoms with van der Waals surface area (Å²) in [5, 5.41) is 2.67. The van der Waals surface area contributed by atoms with Gasteiger partial charge in [0.05, 0.1) is 5.39 Å². The summed E-state index contributed by atoms with van der Waals surface area (Å²) in [6, 6.07) is 26.9. The van der Waals surface area contributed by atoms with Gasteiger partial charge in [0, 0.05) is 18.6 Å². The van der Waals surface area contributed by atoms with Crippen molar-refractivity contribution in [3.05, 3.63) is 89.6 Å². The Morgan fingerprint density at radius 2 is 1.50 bits per heavy atom. The van der Waals surface area contributed by atoms with Crippen molar-refractivity contribution in [1.82, 2.24) is 0 Å². The number of aryl methyl sites for hydroxylation is 2. The molecule has 3 aromatic carbocycles. The second-order valence-electron chi connectivity index (χ2n) is 8.45. The monoisotopic (exact) mass is 394 g/mol. The molecule has 1 heteroatoms. The van der Waals surface area contributed by atoms with Crippen LogP contribution in [0.2, 0.25) is 0 Å². The third kappa shape index (κ3) is 3.65. The molecule has 0 saturated carbocycles. The highest BCUT2D eigenvalue weighted by atomic mass is 14.9. The Kier molecular flexibility index (Phi) is 5.72. The molecular weight excluding hydrogens is 362 g/mol.